The molecule has 1 unspecified atom stereocenters. The summed E-state index contributed by atoms with van der Waals surface area (Å²) in [5.41, 5.74) is 0.380. The summed E-state index contributed by atoms with van der Waals surface area (Å²) in [6.45, 7) is 2.28. The van der Waals surface area contributed by atoms with Crippen molar-refractivity contribution in [1.29, 1.82) is 0 Å². The third kappa shape index (κ3) is 2.68. The third-order valence-corrected chi connectivity index (χ3v) is 8.78. The van der Waals surface area contributed by atoms with Crippen molar-refractivity contribution in [3.63, 3.8) is 0 Å². The Bertz CT molecular complexity index is 531. The van der Waals surface area contributed by atoms with Crippen LogP contribution in [0.4, 0.5) is 0 Å². The summed E-state index contributed by atoms with van der Waals surface area (Å²) < 4.78 is 0. The molecule has 0 aromatic carbocycles. The van der Waals surface area contributed by atoms with Gasteiger partial charge in [-0.15, -0.1) is 0 Å². The van der Waals surface area contributed by atoms with Gasteiger partial charge in [0.1, 0.15) is 5.78 Å². The van der Waals surface area contributed by atoms with E-state index in [0.717, 1.165) is 43.4 Å². The largest absolute Gasteiger partial charge is 0.353 e. The topological polar surface area (TPSA) is 46.2 Å². The number of ketones is 1. The van der Waals surface area contributed by atoms with Crippen LogP contribution in [0.1, 0.15) is 77.6 Å². The number of carbonyl (C=O) groups is 2. The molecule has 0 aromatic rings. The van der Waals surface area contributed by atoms with Gasteiger partial charge in [-0.3, -0.25) is 9.59 Å². The molecule has 0 aromatic heterocycles. The molecule has 6 bridgehead atoms. The van der Waals surface area contributed by atoms with Crippen LogP contribution in [0.15, 0.2) is 0 Å². The Balaban J connectivity index is 1.26. The Morgan fingerprint density at radius 1 is 0.960 bits per heavy atom. The first-order valence-electron chi connectivity index (χ1n) is 10.9. The van der Waals surface area contributed by atoms with Gasteiger partial charge in [-0.1, -0.05) is 6.42 Å². The van der Waals surface area contributed by atoms with E-state index in [1.165, 1.54) is 44.9 Å². The summed E-state index contributed by atoms with van der Waals surface area (Å²) in [6, 6.07) is 0.311. The van der Waals surface area contributed by atoms with E-state index in [2.05, 4.69) is 12.2 Å². The molecule has 1 amide bonds. The van der Waals surface area contributed by atoms with Crippen molar-refractivity contribution >= 4 is 11.7 Å². The standard InChI is InChI=1S/C22H33NO2/c1-13(22-10-14-5-15(11-22)7-16(6-14)12-22)23-21(25)19-8-17-3-2-4-18(9-19)20(17)24/h13-19H,2-12H2,1H3,(H,23,25)/t13-,14?,15?,16?,17-,18+,19?,22?/m0/s1. The third-order valence-electron chi connectivity index (χ3n) is 8.78. The summed E-state index contributed by atoms with van der Waals surface area (Å²) >= 11 is 0. The van der Waals surface area contributed by atoms with Crippen molar-refractivity contribution in [2.45, 2.75) is 83.6 Å². The van der Waals surface area contributed by atoms with Crippen molar-refractivity contribution in [3.05, 3.63) is 0 Å². The summed E-state index contributed by atoms with van der Waals surface area (Å²) in [6.07, 6.45) is 13.2. The summed E-state index contributed by atoms with van der Waals surface area (Å²) in [4.78, 5) is 25.3. The normalized spacial score (nSPS) is 49.1. The van der Waals surface area contributed by atoms with Crippen LogP contribution in [0.3, 0.4) is 0 Å². The number of carbonyl (C=O) groups excluding carboxylic acids is 2. The molecule has 0 saturated heterocycles. The molecule has 0 heterocycles. The molecule has 6 fully saturated rings. The Labute approximate surface area is 151 Å². The van der Waals surface area contributed by atoms with E-state index in [-0.39, 0.29) is 23.7 Å². The maximum absolute atomic E-state index is 13.0. The van der Waals surface area contributed by atoms with Gasteiger partial charge in [0.2, 0.25) is 5.91 Å². The smallest absolute Gasteiger partial charge is 0.223 e. The lowest BCUT2D eigenvalue weighted by atomic mass is 9.48. The van der Waals surface area contributed by atoms with E-state index in [4.69, 9.17) is 0 Å². The zero-order valence-corrected chi connectivity index (χ0v) is 15.6. The van der Waals surface area contributed by atoms with E-state index in [9.17, 15) is 9.59 Å². The number of amides is 1. The van der Waals surface area contributed by atoms with Crippen LogP contribution in [0.25, 0.3) is 0 Å². The fourth-order valence-corrected chi connectivity index (χ4v) is 7.89. The Morgan fingerprint density at radius 3 is 2.00 bits per heavy atom. The summed E-state index contributed by atoms with van der Waals surface area (Å²) in [5, 5.41) is 3.46. The number of hydrogen-bond donors (Lipinski definition) is 1. The minimum Gasteiger partial charge on any atom is -0.353 e. The first-order chi connectivity index (χ1) is 12.0. The molecule has 6 rings (SSSR count). The molecule has 6 aliphatic rings. The monoisotopic (exact) mass is 343 g/mol. The van der Waals surface area contributed by atoms with Gasteiger partial charge in [0.05, 0.1) is 0 Å². The van der Waals surface area contributed by atoms with E-state index in [1.807, 2.05) is 0 Å². The maximum Gasteiger partial charge on any atom is 0.223 e. The molecular formula is C22H33NO2. The van der Waals surface area contributed by atoms with E-state index in [0.29, 0.717) is 17.2 Å². The fourth-order valence-electron chi connectivity index (χ4n) is 7.89. The van der Waals surface area contributed by atoms with Crippen LogP contribution in [0.5, 0.6) is 0 Å². The predicted molar refractivity (Wildman–Crippen MR) is 96.8 cm³/mol. The average Bonchev–Trinajstić information content (AvgIpc) is 2.53. The minimum atomic E-state index is 0.0874. The van der Waals surface area contributed by atoms with Crippen molar-refractivity contribution in [1.82, 2.24) is 5.32 Å². The van der Waals surface area contributed by atoms with Crippen molar-refractivity contribution < 1.29 is 9.59 Å². The van der Waals surface area contributed by atoms with Gasteiger partial charge < -0.3 is 5.32 Å². The second-order valence-corrected chi connectivity index (χ2v) is 10.4. The molecule has 0 radical (unpaired) electrons. The van der Waals surface area contributed by atoms with Gasteiger partial charge in [-0.05, 0) is 94.3 Å². The zero-order valence-electron chi connectivity index (χ0n) is 15.6. The molecule has 6 aliphatic carbocycles. The highest BCUT2D eigenvalue weighted by molar-refractivity contribution is 5.88. The number of Topliss-reactive ketones (excluding diaryl/α,β-unsaturated/α-hetero) is 1. The SMILES string of the molecule is C[C@H](NC(=O)C1C[C@H]2CCC[C@@H](C1)C2=O)C12CC3CC(CC(C3)C1)C2. The van der Waals surface area contributed by atoms with Crippen LogP contribution >= 0.6 is 0 Å². The number of rotatable bonds is 3. The first-order valence-corrected chi connectivity index (χ1v) is 10.9. The molecule has 4 atom stereocenters. The second kappa shape index (κ2) is 5.82. The molecule has 3 heteroatoms. The lowest BCUT2D eigenvalue weighted by Gasteiger charge is -2.59. The Kier molecular flexibility index (Phi) is 3.80. The van der Waals surface area contributed by atoms with Gasteiger partial charge in [0.15, 0.2) is 0 Å². The van der Waals surface area contributed by atoms with Crippen molar-refractivity contribution in [3.8, 4) is 0 Å². The molecule has 0 spiro atoms. The first kappa shape index (κ1) is 16.3. The van der Waals surface area contributed by atoms with Gasteiger partial charge in [-0.2, -0.15) is 0 Å². The maximum atomic E-state index is 13.0. The van der Waals surface area contributed by atoms with Crippen LogP contribution in [-0.2, 0) is 9.59 Å². The number of hydrogen-bond acceptors (Lipinski definition) is 2. The van der Waals surface area contributed by atoms with Crippen LogP contribution < -0.4 is 5.32 Å². The molecule has 6 saturated carbocycles. The second-order valence-electron chi connectivity index (χ2n) is 10.4. The van der Waals surface area contributed by atoms with Crippen LogP contribution in [0.2, 0.25) is 0 Å². The quantitative estimate of drug-likeness (QED) is 0.838. The summed E-state index contributed by atoms with van der Waals surface area (Å²) in [7, 11) is 0. The van der Waals surface area contributed by atoms with Crippen molar-refractivity contribution in [2.24, 2.45) is 40.9 Å². The molecule has 25 heavy (non-hydrogen) atoms. The fraction of sp³-hybridized carbons (Fsp3) is 0.909. The number of fused-ring (bicyclic) bond motifs is 2. The van der Waals surface area contributed by atoms with E-state index in [1.54, 1.807) is 0 Å². The molecular weight excluding hydrogens is 310 g/mol. The molecule has 138 valence electrons. The van der Waals surface area contributed by atoms with Crippen molar-refractivity contribution in [2.75, 3.05) is 0 Å². The van der Waals surface area contributed by atoms with Gasteiger partial charge in [0.25, 0.3) is 0 Å². The highest BCUT2D eigenvalue weighted by Crippen LogP contribution is 2.61. The lowest BCUT2D eigenvalue weighted by Crippen LogP contribution is -2.57. The van der Waals surface area contributed by atoms with Gasteiger partial charge in [-0.25, -0.2) is 0 Å². The Morgan fingerprint density at radius 2 is 1.48 bits per heavy atom. The molecule has 0 aliphatic heterocycles. The Hall–Kier alpha value is -0.860. The van der Waals surface area contributed by atoms with Gasteiger partial charge in [0, 0.05) is 23.8 Å². The van der Waals surface area contributed by atoms with Gasteiger partial charge >= 0.3 is 0 Å². The predicted octanol–water partition coefficient (Wildman–Crippen LogP) is 4.10. The van der Waals surface area contributed by atoms with E-state index < -0.39 is 0 Å². The molecule has 1 N–H and O–H groups in total. The zero-order chi connectivity index (χ0) is 17.2. The summed E-state index contributed by atoms with van der Waals surface area (Å²) in [5.74, 6) is 3.95. The highest BCUT2D eigenvalue weighted by atomic mass is 16.2. The average molecular weight is 344 g/mol. The van der Waals surface area contributed by atoms with E-state index >= 15 is 0 Å². The minimum absolute atomic E-state index is 0.0874. The molecule has 3 nitrogen and oxygen atoms in total. The number of nitrogens with one attached hydrogen (secondary N) is 1. The van der Waals surface area contributed by atoms with Crippen LogP contribution in [0, 0.1) is 40.9 Å². The lowest BCUT2D eigenvalue weighted by molar-refractivity contribution is -0.139. The van der Waals surface area contributed by atoms with Crippen LogP contribution in [-0.4, -0.2) is 17.7 Å². The highest BCUT2D eigenvalue weighted by Gasteiger charge is 2.53.